The predicted molar refractivity (Wildman–Crippen MR) is 129 cm³/mol. The van der Waals surface area contributed by atoms with Crippen molar-refractivity contribution in [1.29, 1.82) is 0 Å². The van der Waals surface area contributed by atoms with Crippen molar-refractivity contribution >= 4 is 21.6 Å². The first kappa shape index (κ1) is 22.8. The van der Waals surface area contributed by atoms with Crippen LogP contribution in [0.1, 0.15) is 58.6 Å². The first-order valence-corrected chi connectivity index (χ1v) is 12.0. The van der Waals surface area contributed by atoms with Crippen molar-refractivity contribution in [2.24, 2.45) is 0 Å². The molecule has 0 N–H and O–H groups in total. The smallest absolute Gasteiger partial charge is 0.152 e. The number of hydrogen-bond donors (Lipinski definition) is 0. The summed E-state index contributed by atoms with van der Waals surface area (Å²) in [5.74, 6) is 0.924. The number of pyridine rings is 1. The van der Waals surface area contributed by atoms with E-state index in [1.807, 2.05) is 12.1 Å². The summed E-state index contributed by atoms with van der Waals surface area (Å²) in [6.07, 6.45) is 8.02. The highest BCUT2D eigenvalue weighted by Gasteiger charge is 2.18. The number of nitrogens with zero attached hydrogens (tertiary/aromatic N) is 3. The van der Waals surface area contributed by atoms with Crippen LogP contribution in [0.15, 0.2) is 47.1 Å². The van der Waals surface area contributed by atoms with Crippen LogP contribution in [0.2, 0.25) is 0 Å². The van der Waals surface area contributed by atoms with E-state index in [1.54, 1.807) is 0 Å². The maximum Gasteiger partial charge on any atom is 0.152 e. The second-order valence-corrected chi connectivity index (χ2v) is 8.79. The molecule has 1 atom stereocenters. The molecule has 30 heavy (non-hydrogen) atoms. The van der Waals surface area contributed by atoms with Crippen molar-refractivity contribution < 1.29 is 4.74 Å². The largest absolute Gasteiger partial charge is 0.475 e. The lowest BCUT2D eigenvalue weighted by Gasteiger charge is -2.31. The van der Waals surface area contributed by atoms with Crippen molar-refractivity contribution in [3.8, 4) is 17.0 Å². The second-order valence-electron chi connectivity index (χ2n) is 7.87. The molecule has 1 aromatic carbocycles. The number of hydrogen-bond acceptors (Lipinski definition) is 3. The number of aromatic nitrogens is 2. The van der Waals surface area contributed by atoms with Crippen LogP contribution in [-0.4, -0.2) is 33.6 Å². The van der Waals surface area contributed by atoms with Crippen molar-refractivity contribution in [1.82, 2.24) is 14.3 Å². The van der Waals surface area contributed by atoms with Gasteiger partial charge in [0.2, 0.25) is 0 Å². The molecule has 4 nitrogen and oxygen atoms in total. The number of aryl methyl sites for hydroxylation is 1. The maximum absolute atomic E-state index is 6.41. The third-order valence-electron chi connectivity index (χ3n) is 5.58. The molecule has 1 unspecified atom stereocenters. The van der Waals surface area contributed by atoms with Gasteiger partial charge in [0.15, 0.2) is 6.23 Å². The number of benzene rings is 1. The van der Waals surface area contributed by atoms with E-state index in [9.17, 15) is 0 Å². The van der Waals surface area contributed by atoms with Gasteiger partial charge in [0.1, 0.15) is 11.4 Å². The van der Waals surface area contributed by atoms with Crippen LogP contribution in [0.4, 0.5) is 0 Å². The van der Waals surface area contributed by atoms with Crippen LogP contribution in [0.25, 0.3) is 16.9 Å². The lowest BCUT2D eigenvalue weighted by Crippen LogP contribution is -2.40. The van der Waals surface area contributed by atoms with Crippen molar-refractivity contribution in [3.63, 3.8) is 0 Å². The van der Waals surface area contributed by atoms with Crippen molar-refractivity contribution in [2.45, 2.75) is 66.0 Å². The molecule has 0 spiro atoms. The molecular formula is C25H34BrN3O. The molecule has 162 valence electrons. The normalized spacial score (nSPS) is 12.6. The Morgan fingerprint density at radius 2 is 1.67 bits per heavy atom. The first-order valence-electron chi connectivity index (χ1n) is 11.2. The Hall–Kier alpha value is -1.85. The lowest BCUT2D eigenvalue weighted by atomic mass is 10.1. The summed E-state index contributed by atoms with van der Waals surface area (Å²) in [6.45, 7) is 11.0. The number of fused-ring (bicyclic) bond motifs is 1. The summed E-state index contributed by atoms with van der Waals surface area (Å²) < 4.78 is 9.58. The molecule has 0 radical (unpaired) electrons. The molecule has 0 fully saturated rings. The van der Waals surface area contributed by atoms with E-state index in [0.29, 0.717) is 0 Å². The van der Waals surface area contributed by atoms with E-state index in [4.69, 9.17) is 9.72 Å². The number of rotatable bonds is 11. The molecule has 0 aliphatic carbocycles. The molecule has 2 aromatic heterocycles. The molecule has 5 heteroatoms. The zero-order chi connectivity index (χ0) is 21.5. The van der Waals surface area contributed by atoms with Gasteiger partial charge in [0, 0.05) is 35.0 Å². The molecule has 0 saturated heterocycles. The average Bonchev–Trinajstić information content (AvgIpc) is 3.09. The van der Waals surface area contributed by atoms with Crippen LogP contribution in [0, 0.1) is 6.92 Å². The molecule has 3 rings (SSSR count). The summed E-state index contributed by atoms with van der Waals surface area (Å²) in [7, 11) is 0. The minimum absolute atomic E-state index is 0.128. The number of imidazole rings is 1. The number of halogens is 1. The van der Waals surface area contributed by atoms with Crippen LogP contribution in [0.5, 0.6) is 5.75 Å². The van der Waals surface area contributed by atoms with Gasteiger partial charge < -0.3 is 9.14 Å². The Morgan fingerprint density at radius 3 is 2.27 bits per heavy atom. The monoisotopic (exact) mass is 471 g/mol. The van der Waals surface area contributed by atoms with Gasteiger partial charge in [-0.05, 0) is 78.5 Å². The topological polar surface area (TPSA) is 29.8 Å². The van der Waals surface area contributed by atoms with E-state index < -0.39 is 0 Å². The van der Waals surface area contributed by atoms with Crippen LogP contribution >= 0.6 is 15.9 Å². The fraction of sp³-hybridized carbons (Fsp3) is 0.480. The SMILES string of the molecule is CCCCN(CCCC)C(CC)Oc1ccc(-c2nc3ccc(Br)cn3c2C)cc1. The van der Waals surface area contributed by atoms with Gasteiger partial charge in [-0.1, -0.05) is 33.6 Å². The Kier molecular flexibility index (Phi) is 8.34. The highest BCUT2D eigenvalue weighted by molar-refractivity contribution is 9.10. The van der Waals surface area contributed by atoms with Crippen molar-refractivity contribution in [3.05, 3.63) is 52.8 Å². The van der Waals surface area contributed by atoms with E-state index in [1.165, 1.54) is 25.7 Å². The van der Waals surface area contributed by atoms with Crippen molar-refractivity contribution in [2.75, 3.05) is 13.1 Å². The predicted octanol–water partition coefficient (Wildman–Crippen LogP) is 7.09. The van der Waals surface area contributed by atoms with Gasteiger partial charge in [-0.3, -0.25) is 4.90 Å². The van der Waals surface area contributed by atoms with E-state index in [-0.39, 0.29) is 6.23 Å². The Labute approximate surface area is 189 Å². The van der Waals surface area contributed by atoms with E-state index in [2.05, 4.69) is 83.4 Å². The summed E-state index contributed by atoms with van der Waals surface area (Å²) >= 11 is 3.54. The average molecular weight is 472 g/mol. The fourth-order valence-electron chi connectivity index (χ4n) is 3.80. The Morgan fingerprint density at radius 1 is 1.00 bits per heavy atom. The van der Waals surface area contributed by atoms with Crippen LogP contribution < -0.4 is 4.74 Å². The summed E-state index contributed by atoms with van der Waals surface area (Å²) in [6, 6.07) is 12.5. The summed E-state index contributed by atoms with van der Waals surface area (Å²) in [4.78, 5) is 7.32. The molecule has 3 aromatic rings. The van der Waals surface area contributed by atoms with Gasteiger partial charge in [0.25, 0.3) is 0 Å². The quantitative estimate of drug-likeness (QED) is 0.279. The highest BCUT2D eigenvalue weighted by Crippen LogP contribution is 2.27. The van der Waals surface area contributed by atoms with Gasteiger partial charge in [-0.15, -0.1) is 0 Å². The Balaban J connectivity index is 1.76. The molecule has 0 aliphatic heterocycles. The fourth-order valence-corrected chi connectivity index (χ4v) is 4.13. The minimum atomic E-state index is 0.128. The zero-order valence-corrected chi connectivity index (χ0v) is 20.3. The number of ether oxygens (including phenoxy) is 1. The van der Waals surface area contributed by atoms with Gasteiger partial charge in [0.05, 0.1) is 5.69 Å². The van der Waals surface area contributed by atoms with Gasteiger partial charge >= 0.3 is 0 Å². The molecule has 2 heterocycles. The van der Waals surface area contributed by atoms with Crippen LogP contribution in [0.3, 0.4) is 0 Å². The standard InChI is InChI=1S/C25H34BrN3O/c1-5-8-16-28(17-9-6-2)24(7-3)30-22-13-10-20(11-14-22)25-19(4)29-18-21(26)12-15-23(29)27-25/h10-15,18,24H,5-9,16-17H2,1-4H3. The third kappa shape index (κ3) is 5.44. The minimum Gasteiger partial charge on any atom is -0.475 e. The highest BCUT2D eigenvalue weighted by atomic mass is 79.9. The summed E-state index contributed by atoms with van der Waals surface area (Å²) in [5.41, 5.74) is 4.22. The van der Waals surface area contributed by atoms with Crippen LogP contribution in [-0.2, 0) is 0 Å². The molecule has 0 aliphatic rings. The second kappa shape index (κ2) is 11.0. The molecule has 0 amide bonds. The number of unbranched alkanes of at least 4 members (excludes halogenated alkanes) is 2. The van der Waals surface area contributed by atoms with Gasteiger partial charge in [-0.2, -0.15) is 0 Å². The third-order valence-corrected chi connectivity index (χ3v) is 6.04. The molecule has 0 bridgehead atoms. The maximum atomic E-state index is 6.41. The van der Waals surface area contributed by atoms with E-state index in [0.717, 1.165) is 52.3 Å². The lowest BCUT2D eigenvalue weighted by molar-refractivity contribution is 0.0202. The Bertz CT molecular complexity index is 927. The van der Waals surface area contributed by atoms with E-state index >= 15 is 0 Å². The van der Waals surface area contributed by atoms with Gasteiger partial charge in [-0.25, -0.2) is 4.98 Å². The molecule has 0 saturated carbocycles. The first-order chi connectivity index (χ1) is 14.6. The zero-order valence-electron chi connectivity index (χ0n) is 18.7. The summed E-state index contributed by atoms with van der Waals surface area (Å²) in [5, 5.41) is 0. The molecular weight excluding hydrogens is 438 g/mol.